The summed E-state index contributed by atoms with van der Waals surface area (Å²) in [7, 11) is 0. The zero-order chi connectivity index (χ0) is 20.2. The van der Waals surface area contributed by atoms with Crippen molar-refractivity contribution in [2.45, 2.75) is 24.9 Å². The number of thioether (sulfide) groups is 1. The molecule has 150 valence electrons. The second kappa shape index (κ2) is 8.84. The lowest BCUT2D eigenvalue weighted by molar-refractivity contribution is -0.113. The van der Waals surface area contributed by atoms with Gasteiger partial charge in [-0.3, -0.25) is 4.79 Å². The molecular formula is C20H21ClN6OS. The standard InChI is InChI=1S/C20H21ClN6OS/c1-14-7-9-15(10-8-14)27-20(23-24-25-27)29-13-18(28)22-17-6-4-5-16(21)19(17)26-11-2-3-12-26/h4-10H,2-3,11-13H2,1H3,(H,22,28). The SMILES string of the molecule is Cc1ccc(-n2nnnc2SCC(=O)Nc2cccc(Cl)c2N2CCCC2)cc1. The van der Waals surface area contributed by atoms with E-state index in [0.29, 0.717) is 10.2 Å². The van der Waals surface area contributed by atoms with Gasteiger partial charge in [-0.2, -0.15) is 4.68 Å². The Kier molecular flexibility index (Phi) is 6.01. The van der Waals surface area contributed by atoms with E-state index in [2.05, 4.69) is 25.7 Å². The summed E-state index contributed by atoms with van der Waals surface area (Å²) in [5.41, 5.74) is 3.65. The maximum atomic E-state index is 12.6. The van der Waals surface area contributed by atoms with E-state index < -0.39 is 0 Å². The lowest BCUT2D eigenvalue weighted by atomic mass is 10.2. The lowest BCUT2D eigenvalue weighted by Crippen LogP contribution is -2.22. The Morgan fingerprint density at radius 1 is 1.17 bits per heavy atom. The largest absolute Gasteiger partial charge is 0.369 e. The number of amides is 1. The van der Waals surface area contributed by atoms with Crippen LogP contribution in [0.3, 0.4) is 0 Å². The highest BCUT2D eigenvalue weighted by atomic mass is 35.5. The Balaban J connectivity index is 1.44. The number of tetrazole rings is 1. The number of hydrogen-bond donors (Lipinski definition) is 1. The number of benzene rings is 2. The maximum Gasteiger partial charge on any atom is 0.234 e. The highest BCUT2D eigenvalue weighted by molar-refractivity contribution is 7.99. The molecule has 4 rings (SSSR count). The van der Waals surface area contributed by atoms with Gasteiger partial charge in [-0.25, -0.2) is 0 Å². The van der Waals surface area contributed by atoms with Crippen LogP contribution in [0.5, 0.6) is 0 Å². The van der Waals surface area contributed by atoms with Crippen LogP contribution in [0.2, 0.25) is 5.02 Å². The van der Waals surface area contributed by atoms with Crippen LogP contribution < -0.4 is 10.2 Å². The van der Waals surface area contributed by atoms with E-state index in [4.69, 9.17) is 11.6 Å². The molecule has 0 bridgehead atoms. The summed E-state index contributed by atoms with van der Waals surface area (Å²) in [6, 6.07) is 13.5. The number of carbonyl (C=O) groups is 1. The van der Waals surface area contributed by atoms with Gasteiger partial charge in [-0.05, 0) is 54.5 Å². The second-order valence-electron chi connectivity index (χ2n) is 6.88. The third-order valence-corrected chi connectivity index (χ3v) is 5.96. The first kappa shape index (κ1) is 19.7. The number of aromatic nitrogens is 4. The highest BCUT2D eigenvalue weighted by Crippen LogP contribution is 2.36. The summed E-state index contributed by atoms with van der Waals surface area (Å²) in [5.74, 6) is 0.0641. The van der Waals surface area contributed by atoms with Crippen LogP contribution in [0.15, 0.2) is 47.6 Å². The molecule has 29 heavy (non-hydrogen) atoms. The summed E-state index contributed by atoms with van der Waals surface area (Å²) in [5, 5.41) is 16.0. The first-order valence-electron chi connectivity index (χ1n) is 9.43. The van der Waals surface area contributed by atoms with Crippen LogP contribution in [0, 0.1) is 6.92 Å². The molecular weight excluding hydrogens is 408 g/mol. The molecule has 1 aliphatic heterocycles. The van der Waals surface area contributed by atoms with Gasteiger partial charge in [0.2, 0.25) is 11.1 Å². The summed E-state index contributed by atoms with van der Waals surface area (Å²) in [6.45, 7) is 3.93. The minimum absolute atomic E-state index is 0.129. The molecule has 2 aromatic carbocycles. The van der Waals surface area contributed by atoms with Crippen molar-refractivity contribution in [3.8, 4) is 5.69 Å². The van der Waals surface area contributed by atoms with Gasteiger partial charge in [-0.15, -0.1) is 5.10 Å². The van der Waals surface area contributed by atoms with Gasteiger partial charge in [0.25, 0.3) is 0 Å². The van der Waals surface area contributed by atoms with Gasteiger partial charge in [0.05, 0.1) is 27.8 Å². The predicted octanol–water partition coefficient (Wildman–Crippen LogP) is 3.96. The molecule has 0 spiro atoms. The number of halogens is 1. The number of rotatable bonds is 6. The van der Waals surface area contributed by atoms with E-state index in [1.54, 1.807) is 4.68 Å². The van der Waals surface area contributed by atoms with Crippen molar-refractivity contribution in [3.63, 3.8) is 0 Å². The van der Waals surface area contributed by atoms with Crippen LogP contribution in [-0.2, 0) is 4.79 Å². The zero-order valence-corrected chi connectivity index (χ0v) is 17.6. The first-order valence-corrected chi connectivity index (χ1v) is 10.8. The van der Waals surface area contributed by atoms with E-state index in [9.17, 15) is 4.79 Å². The normalized spacial score (nSPS) is 13.7. The average molecular weight is 429 g/mol. The number of aryl methyl sites for hydroxylation is 1. The van der Waals surface area contributed by atoms with Crippen molar-refractivity contribution < 1.29 is 4.79 Å². The minimum Gasteiger partial charge on any atom is -0.369 e. The Labute approximate surface area is 178 Å². The molecule has 1 fully saturated rings. The van der Waals surface area contributed by atoms with Crippen LogP contribution in [-0.4, -0.2) is 45.0 Å². The van der Waals surface area contributed by atoms with Crippen molar-refractivity contribution in [2.24, 2.45) is 0 Å². The number of nitrogens with zero attached hydrogens (tertiary/aromatic N) is 5. The van der Waals surface area contributed by atoms with Gasteiger partial charge in [0.1, 0.15) is 0 Å². The first-order chi connectivity index (χ1) is 14.1. The fourth-order valence-corrected chi connectivity index (χ4v) is 4.30. The summed E-state index contributed by atoms with van der Waals surface area (Å²) in [4.78, 5) is 14.8. The molecule has 0 unspecified atom stereocenters. The molecule has 0 radical (unpaired) electrons. The summed E-state index contributed by atoms with van der Waals surface area (Å²) in [6.07, 6.45) is 2.27. The molecule has 1 aromatic heterocycles. The van der Waals surface area contributed by atoms with Crippen LogP contribution >= 0.6 is 23.4 Å². The molecule has 7 nitrogen and oxygen atoms in total. The Morgan fingerprint density at radius 2 is 1.93 bits per heavy atom. The molecule has 2 heterocycles. The maximum absolute atomic E-state index is 12.6. The molecule has 0 aliphatic carbocycles. The van der Waals surface area contributed by atoms with Gasteiger partial charge in [-0.1, -0.05) is 47.1 Å². The fraction of sp³-hybridized carbons (Fsp3) is 0.300. The van der Waals surface area contributed by atoms with E-state index in [0.717, 1.165) is 48.6 Å². The Hall–Kier alpha value is -2.58. The zero-order valence-electron chi connectivity index (χ0n) is 16.0. The Morgan fingerprint density at radius 3 is 2.69 bits per heavy atom. The van der Waals surface area contributed by atoms with Crippen molar-refractivity contribution in [2.75, 3.05) is 29.1 Å². The number of hydrogen-bond acceptors (Lipinski definition) is 6. The number of nitrogens with one attached hydrogen (secondary N) is 1. The summed E-state index contributed by atoms with van der Waals surface area (Å²) >= 11 is 7.71. The van der Waals surface area contributed by atoms with Crippen LogP contribution in [0.4, 0.5) is 11.4 Å². The minimum atomic E-state index is -0.129. The van der Waals surface area contributed by atoms with E-state index in [-0.39, 0.29) is 11.7 Å². The van der Waals surface area contributed by atoms with Gasteiger partial charge in [0, 0.05) is 13.1 Å². The average Bonchev–Trinajstić information content (AvgIpc) is 3.39. The molecule has 9 heteroatoms. The third-order valence-electron chi connectivity index (χ3n) is 4.73. The molecule has 1 saturated heterocycles. The van der Waals surface area contributed by atoms with Gasteiger partial charge in [0.15, 0.2) is 0 Å². The van der Waals surface area contributed by atoms with Crippen molar-refractivity contribution in [3.05, 3.63) is 53.1 Å². The number of anilines is 2. The molecule has 1 aliphatic rings. The topological polar surface area (TPSA) is 75.9 Å². The summed E-state index contributed by atoms with van der Waals surface area (Å²) < 4.78 is 1.63. The Bertz CT molecular complexity index is 1000. The van der Waals surface area contributed by atoms with Gasteiger partial charge >= 0.3 is 0 Å². The van der Waals surface area contributed by atoms with Crippen molar-refractivity contribution in [1.82, 2.24) is 20.2 Å². The van der Waals surface area contributed by atoms with Gasteiger partial charge < -0.3 is 10.2 Å². The number of carbonyl (C=O) groups excluding carboxylic acids is 1. The molecule has 0 saturated carbocycles. The van der Waals surface area contributed by atoms with E-state index >= 15 is 0 Å². The predicted molar refractivity (Wildman–Crippen MR) is 116 cm³/mol. The molecule has 1 amide bonds. The number of para-hydroxylation sites is 1. The highest BCUT2D eigenvalue weighted by Gasteiger charge is 2.20. The molecule has 1 N–H and O–H groups in total. The van der Waals surface area contributed by atoms with Crippen LogP contribution in [0.1, 0.15) is 18.4 Å². The third kappa shape index (κ3) is 4.54. The molecule has 3 aromatic rings. The second-order valence-corrected chi connectivity index (χ2v) is 8.23. The lowest BCUT2D eigenvalue weighted by Gasteiger charge is -2.22. The smallest absolute Gasteiger partial charge is 0.234 e. The molecule has 0 atom stereocenters. The monoisotopic (exact) mass is 428 g/mol. The van der Waals surface area contributed by atoms with E-state index in [1.165, 1.54) is 11.8 Å². The van der Waals surface area contributed by atoms with Crippen molar-refractivity contribution >= 4 is 40.6 Å². The van der Waals surface area contributed by atoms with Crippen molar-refractivity contribution in [1.29, 1.82) is 0 Å². The fourth-order valence-electron chi connectivity index (χ4n) is 3.31. The van der Waals surface area contributed by atoms with E-state index in [1.807, 2.05) is 49.4 Å². The van der Waals surface area contributed by atoms with Crippen LogP contribution in [0.25, 0.3) is 5.69 Å². The quantitative estimate of drug-likeness (QED) is 0.599.